The zero-order valence-corrected chi connectivity index (χ0v) is 10.2. The summed E-state index contributed by atoms with van der Waals surface area (Å²) in [4.78, 5) is 22.7. The molecule has 0 amide bonds. The second kappa shape index (κ2) is 6.67. The van der Waals surface area contributed by atoms with E-state index in [2.05, 4.69) is 0 Å². The molecule has 3 N–H and O–H groups in total. The van der Waals surface area contributed by atoms with Gasteiger partial charge < -0.3 is 10.8 Å². The number of hydrogen-bond acceptors (Lipinski definition) is 5. The molecule has 0 bridgehead atoms. The summed E-state index contributed by atoms with van der Waals surface area (Å²) in [5.41, 5.74) is 5.32. The Labute approximate surface area is 102 Å². The van der Waals surface area contributed by atoms with Crippen molar-refractivity contribution in [3.8, 4) is 0 Å². The first kappa shape index (κ1) is 13.2. The second-order valence-electron chi connectivity index (χ2n) is 3.17. The van der Waals surface area contributed by atoms with Gasteiger partial charge in [0.2, 0.25) is 0 Å². The van der Waals surface area contributed by atoms with Crippen LogP contribution in [-0.4, -0.2) is 34.4 Å². The average molecular weight is 259 g/mol. The molecule has 0 saturated carbocycles. The molecule has 0 aliphatic heterocycles. The highest BCUT2D eigenvalue weighted by Gasteiger charge is 2.12. The third-order valence-corrected chi connectivity index (χ3v) is 3.88. The minimum absolute atomic E-state index is 0.103. The lowest BCUT2D eigenvalue weighted by molar-refractivity contribution is -0.137. The van der Waals surface area contributed by atoms with Gasteiger partial charge in [0.05, 0.1) is 4.88 Å². The van der Waals surface area contributed by atoms with Crippen LogP contribution in [0, 0.1) is 0 Å². The van der Waals surface area contributed by atoms with E-state index in [1.807, 2.05) is 11.4 Å². The quantitative estimate of drug-likeness (QED) is 0.572. The standard InChI is InChI=1S/C10H13NO3S2/c11-7(10(13)14)6-15-5-3-8(12)9-2-1-4-16-9/h1-2,4,7H,3,5-6,11H2,(H,13,14)/t7-/m0/s1. The summed E-state index contributed by atoms with van der Waals surface area (Å²) in [5, 5.41) is 10.4. The summed E-state index contributed by atoms with van der Waals surface area (Å²) < 4.78 is 0. The summed E-state index contributed by atoms with van der Waals surface area (Å²) >= 11 is 2.82. The van der Waals surface area contributed by atoms with Gasteiger partial charge in [-0.25, -0.2) is 0 Å². The van der Waals surface area contributed by atoms with Gasteiger partial charge in [-0.05, 0) is 11.4 Å². The molecule has 0 radical (unpaired) electrons. The predicted octanol–water partition coefficient (Wildman–Crippen LogP) is 1.47. The predicted molar refractivity (Wildman–Crippen MR) is 66.2 cm³/mol. The van der Waals surface area contributed by atoms with E-state index in [0.717, 1.165) is 4.88 Å². The van der Waals surface area contributed by atoms with Gasteiger partial charge in [0.25, 0.3) is 0 Å². The maximum atomic E-state index is 11.5. The molecule has 1 aromatic rings. The highest BCUT2D eigenvalue weighted by Crippen LogP contribution is 2.13. The van der Waals surface area contributed by atoms with Gasteiger partial charge in [-0.15, -0.1) is 11.3 Å². The summed E-state index contributed by atoms with van der Waals surface area (Å²) in [5.74, 6) is 0.0496. The Morgan fingerprint density at radius 2 is 2.31 bits per heavy atom. The molecule has 16 heavy (non-hydrogen) atoms. The minimum Gasteiger partial charge on any atom is -0.480 e. The van der Waals surface area contributed by atoms with E-state index < -0.39 is 12.0 Å². The Morgan fingerprint density at radius 3 is 2.88 bits per heavy atom. The van der Waals surface area contributed by atoms with E-state index in [1.54, 1.807) is 6.07 Å². The summed E-state index contributed by atoms with van der Waals surface area (Å²) in [7, 11) is 0. The van der Waals surface area contributed by atoms with Crippen LogP contribution in [0.25, 0.3) is 0 Å². The van der Waals surface area contributed by atoms with Gasteiger partial charge in [0, 0.05) is 17.9 Å². The van der Waals surface area contributed by atoms with Gasteiger partial charge in [0.1, 0.15) is 6.04 Å². The summed E-state index contributed by atoms with van der Waals surface area (Å²) in [6.45, 7) is 0. The normalized spacial score (nSPS) is 12.3. The van der Waals surface area contributed by atoms with Crippen LogP contribution in [0.4, 0.5) is 0 Å². The third-order valence-electron chi connectivity index (χ3n) is 1.88. The lowest BCUT2D eigenvalue weighted by atomic mass is 10.3. The largest absolute Gasteiger partial charge is 0.480 e. The van der Waals surface area contributed by atoms with Crippen LogP contribution < -0.4 is 5.73 Å². The average Bonchev–Trinajstić information content (AvgIpc) is 2.76. The van der Waals surface area contributed by atoms with Crippen molar-refractivity contribution in [2.75, 3.05) is 11.5 Å². The number of Topliss-reactive ketones (excluding diaryl/α,β-unsaturated/α-hetero) is 1. The van der Waals surface area contributed by atoms with Crippen LogP contribution in [0.5, 0.6) is 0 Å². The molecule has 0 saturated heterocycles. The van der Waals surface area contributed by atoms with Crippen LogP contribution in [0.3, 0.4) is 0 Å². The number of aliphatic carboxylic acids is 1. The molecule has 1 rings (SSSR count). The number of carbonyl (C=O) groups excluding carboxylic acids is 1. The molecule has 0 unspecified atom stereocenters. The van der Waals surface area contributed by atoms with Gasteiger partial charge in [-0.1, -0.05) is 6.07 Å². The highest BCUT2D eigenvalue weighted by atomic mass is 32.2. The van der Waals surface area contributed by atoms with Crippen molar-refractivity contribution in [2.24, 2.45) is 5.73 Å². The SMILES string of the molecule is N[C@@H](CSCCC(=O)c1cccs1)C(=O)O. The summed E-state index contributed by atoms with van der Waals surface area (Å²) in [6, 6.07) is 2.79. The molecule has 0 fully saturated rings. The first-order valence-corrected chi connectivity index (χ1v) is 6.77. The van der Waals surface area contributed by atoms with Crippen molar-refractivity contribution < 1.29 is 14.7 Å². The number of hydrogen-bond donors (Lipinski definition) is 2. The fourth-order valence-electron chi connectivity index (χ4n) is 1.01. The Kier molecular flexibility index (Phi) is 5.51. The van der Waals surface area contributed by atoms with Crippen LogP contribution in [-0.2, 0) is 4.79 Å². The van der Waals surface area contributed by atoms with Crippen LogP contribution in [0.1, 0.15) is 16.1 Å². The molecule has 0 spiro atoms. The van der Waals surface area contributed by atoms with E-state index in [0.29, 0.717) is 17.9 Å². The zero-order valence-electron chi connectivity index (χ0n) is 8.59. The fourth-order valence-corrected chi connectivity index (χ4v) is 2.59. The van der Waals surface area contributed by atoms with Gasteiger partial charge in [0.15, 0.2) is 5.78 Å². The van der Waals surface area contributed by atoms with E-state index >= 15 is 0 Å². The van der Waals surface area contributed by atoms with Gasteiger partial charge in [-0.3, -0.25) is 9.59 Å². The third kappa shape index (κ3) is 4.34. The van der Waals surface area contributed by atoms with E-state index in [1.165, 1.54) is 23.1 Å². The maximum Gasteiger partial charge on any atom is 0.321 e. The van der Waals surface area contributed by atoms with Crippen LogP contribution in [0.2, 0.25) is 0 Å². The molecule has 4 nitrogen and oxygen atoms in total. The van der Waals surface area contributed by atoms with Crippen molar-refractivity contribution in [1.29, 1.82) is 0 Å². The number of carbonyl (C=O) groups is 2. The Morgan fingerprint density at radius 1 is 1.56 bits per heavy atom. The molecule has 0 aromatic carbocycles. The molecule has 1 atom stereocenters. The Bertz CT molecular complexity index is 351. The molecule has 1 aromatic heterocycles. The number of nitrogens with two attached hydrogens (primary N) is 1. The number of thioether (sulfide) groups is 1. The lowest BCUT2D eigenvalue weighted by Crippen LogP contribution is -2.32. The second-order valence-corrected chi connectivity index (χ2v) is 5.27. The molecule has 88 valence electrons. The first-order chi connectivity index (χ1) is 7.61. The number of ketones is 1. The summed E-state index contributed by atoms with van der Waals surface area (Å²) in [6.07, 6.45) is 0.428. The van der Waals surface area contributed by atoms with Crippen molar-refractivity contribution in [1.82, 2.24) is 0 Å². The van der Waals surface area contributed by atoms with Gasteiger partial charge >= 0.3 is 5.97 Å². The molecule has 0 aliphatic carbocycles. The Balaban J connectivity index is 2.17. The van der Waals surface area contributed by atoms with Crippen molar-refractivity contribution >= 4 is 34.9 Å². The smallest absolute Gasteiger partial charge is 0.321 e. The number of thiophene rings is 1. The molecular formula is C10H13NO3S2. The van der Waals surface area contributed by atoms with E-state index in [-0.39, 0.29) is 5.78 Å². The number of carboxylic acids is 1. The zero-order chi connectivity index (χ0) is 12.0. The first-order valence-electron chi connectivity index (χ1n) is 4.74. The van der Waals surface area contributed by atoms with E-state index in [4.69, 9.17) is 10.8 Å². The minimum atomic E-state index is -1.00. The van der Waals surface area contributed by atoms with Crippen molar-refractivity contribution in [3.63, 3.8) is 0 Å². The fraction of sp³-hybridized carbons (Fsp3) is 0.400. The molecule has 6 heteroatoms. The van der Waals surface area contributed by atoms with Gasteiger partial charge in [-0.2, -0.15) is 11.8 Å². The molecule has 1 heterocycles. The number of rotatable bonds is 7. The van der Waals surface area contributed by atoms with Crippen LogP contribution in [0.15, 0.2) is 17.5 Å². The lowest BCUT2D eigenvalue weighted by Gasteiger charge is -2.04. The van der Waals surface area contributed by atoms with Crippen LogP contribution >= 0.6 is 23.1 Å². The monoisotopic (exact) mass is 259 g/mol. The Hall–Kier alpha value is -0.850. The maximum absolute atomic E-state index is 11.5. The van der Waals surface area contributed by atoms with Crippen molar-refractivity contribution in [2.45, 2.75) is 12.5 Å². The molecule has 0 aliphatic rings. The number of carboxylic acid groups (broad SMARTS) is 1. The van der Waals surface area contributed by atoms with E-state index in [9.17, 15) is 9.59 Å². The highest BCUT2D eigenvalue weighted by molar-refractivity contribution is 7.99. The topological polar surface area (TPSA) is 80.4 Å². The molecular weight excluding hydrogens is 246 g/mol. The van der Waals surface area contributed by atoms with Crippen molar-refractivity contribution in [3.05, 3.63) is 22.4 Å².